The number of halogens is 1. The van der Waals surface area contributed by atoms with Crippen molar-refractivity contribution in [2.24, 2.45) is 0 Å². The van der Waals surface area contributed by atoms with Crippen LogP contribution in [0.15, 0.2) is 18.5 Å². The van der Waals surface area contributed by atoms with Crippen LogP contribution in [0, 0.1) is 0 Å². The molecule has 1 aliphatic carbocycles. The van der Waals surface area contributed by atoms with Gasteiger partial charge in [-0.05, 0) is 24.5 Å². The summed E-state index contributed by atoms with van der Waals surface area (Å²) >= 11 is 5.91. The number of carbonyl (C=O) groups is 1. The molecule has 1 heterocycles. The predicted octanol–water partition coefficient (Wildman–Crippen LogP) is 1.97. The minimum Gasteiger partial charge on any atom is -0.302 e. The van der Waals surface area contributed by atoms with Crippen LogP contribution >= 0.6 is 11.6 Å². The quantitative estimate of drug-likeness (QED) is 0.653. The summed E-state index contributed by atoms with van der Waals surface area (Å²) in [5.41, 5.74) is 0.647. The molecule has 1 aliphatic rings. The molecule has 0 unspecified atom stereocenters. The molecule has 0 aliphatic heterocycles. The van der Waals surface area contributed by atoms with Crippen molar-refractivity contribution in [3.8, 4) is 0 Å². The molecule has 0 bridgehead atoms. The van der Waals surface area contributed by atoms with Crippen LogP contribution in [-0.4, -0.2) is 11.3 Å². The molecule has 1 saturated carbocycles. The Bertz CT molecular complexity index is 320. The maximum atomic E-state index is 10.8. The van der Waals surface area contributed by atoms with E-state index in [-0.39, 0.29) is 5.41 Å². The minimum absolute atomic E-state index is 0.278. The number of aromatic nitrogens is 1. The minimum atomic E-state index is -0.278. The van der Waals surface area contributed by atoms with Crippen LogP contribution in [0.5, 0.6) is 0 Å². The SMILES string of the molecule is O=CC1(c2ccncc2Cl)CC1. The molecule has 0 N–H and O–H groups in total. The first-order valence-corrected chi connectivity index (χ1v) is 4.23. The van der Waals surface area contributed by atoms with Gasteiger partial charge in [-0.25, -0.2) is 0 Å². The monoisotopic (exact) mass is 181 g/mol. The average Bonchev–Trinajstić information content (AvgIpc) is 2.86. The Morgan fingerprint density at radius 3 is 2.83 bits per heavy atom. The molecule has 0 radical (unpaired) electrons. The molecular weight excluding hydrogens is 174 g/mol. The van der Waals surface area contributed by atoms with Crippen molar-refractivity contribution in [3.63, 3.8) is 0 Å². The summed E-state index contributed by atoms with van der Waals surface area (Å²) in [7, 11) is 0. The zero-order valence-corrected chi connectivity index (χ0v) is 7.21. The van der Waals surface area contributed by atoms with E-state index < -0.39 is 0 Å². The number of hydrogen-bond donors (Lipinski definition) is 0. The van der Waals surface area contributed by atoms with Gasteiger partial charge in [0.15, 0.2) is 0 Å². The van der Waals surface area contributed by atoms with E-state index in [2.05, 4.69) is 4.98 Å². The highest BCUT2D eigenvalue weighted by Gasteiger charge is 2.45. The van der Waals surface area contributed by atoms with Crippen molar-refractivity contribution in [3.05, 3.63) is 29.0 Å². The fraction of sp³-hybridized carbons (Fsp3) is 0.333. The van der Waals surface area contributed by atoms with Crippen LogP contribution in [-0.2, 0) is 10.2 Å². The summed E-state index contributed by atoms with van der Waals surface area (Å²) < 4.78 is 0. The maximum Gasteiger partial charge on any atom is 0.130 e. The zero-order chi connectivity index (χ0) is 8.60. The summed E-state index contributed by atoms with van der Waals surface area (Å²) in [6.07, 6.45) is 6.08. The highest BCUT2D eigenvalue weighted by molar-refractivity contribution is 6.31. The Hall–Kier alpha value is -0.890. The Labute approximate surface area is 75.6 Å². The summed E-state index contributed by atoms with van der Waals surface area (Å²) in [6, 6.07) is 1.82. The molecule has 12 heavy (non-hydrogen) atoms. The number of hydrogen-bond acceptors (Lipinski definition) is 2. The van der Waals surface area contributed by atoms with E-state index in [0.29, 0.717) is 5.02 Å². The van der Waals surface area contributed by atoms with Gasteiger partial charge in [0, 0.05) is 12.4 Å². The van der Waals surface area contributed by atoms with E-state index in [1.165, 1.54) is 0 Å². The molecular formula is C9H8ClNO. The molecule has 1 fully saturated rings. The van der Waals surface area contributed by atoms with E-state index in [9.17, 15) is 4.79 Å². The second kappa shape index (κ2) is 2.56. The lowest BCUT2D eigenvalue weighted by atomic mass is 9.99. The third kappa shape index (κ3) is 1.03. The lowest BCUT2D eigenvalue weighted by Crippen LogP contribution is -2.08. The number of aldehydes is 1. The third-order valence-electron chi connectivity index (χ3n) is 2.32. The fourth-order valence-corrected chi connectivity index (χ4v) is 1.67. The smallest absolute Gasteiger partial charge is 0.130 e. The molecule has 2 nitrogen and oxygen atoms in total. The second-order valence-corrected chi connectivity index (χ2v) is 3.54. The summed E-state index contributed by atoms with van der Waals surface area (Å²) in [4.78, 5) is 14.6. The average molecular weight is 182 g/mol. The van der Waals surface area contributed by atoms with Crippen molar-refractivity contribution < 1.29 is 4.79 Å². The first kappa shape index (κ1) is 7.74. The summed E-state index contributed by atoms with van der Waals surface area (Å²) in [5.74, 6) is 0. The van der Waals surface area contributed by atoms with Crippen molar-refractivity contribution in [1.29, 1.82) is 0 Å². The van der Waals surface area contributed by atoms with Gasteiger partial charge in [0.2, 0.25) is 0 Å². The van der Waals surface area contributed by atoms with Crippen LogP contribution < -0.4 is 0 Å². The maximum absolute atomic E-state index is 10.8. The van der Waals surface area contributed by atoms with Crippen LogP contribution in [0.3, 0.4) is 0 Å². The van der Waals surface area contributed by atoms with Gasteiger partial charge in [-0.3, -0.25) is 4.98 Å². The molecule has 62 valence electrons. The van der Waals surface area contributed by atoms with Crippen molar-refractivity contribution in [2.75, 3.05) is 0 Å². The third-order valence-corrected chi connectivity index (χ3v) is 2.62. The van der Waals surface area contributed by atoms with Gasteiger partial charge in [-0.1, -0.05) is 11.6 Å². The van der Waals surface area contributed by atoms with Crippen LogP contribution in [0.2, 0.25) is 5.02 Å². The standard InChI is InChI=1S/C9H8ClNO/c10-8-5-11-4-1-7(8)9(6-12)2-3-9/h1,4-6H,2-3H2. The molecule has 0 aromatic carbocycles. The van der Waals surface area contributed by atoms with Gasteiger partial charge in [-0.15, -0.1) is 0 Å². The van der Waals surface area contributed by atoms with E-state index in [1.807, 2.05) is 6.07 Å². The van der Waals surface area contributed by atoms with E-state index >= 15 is 0 Å². The molecule has 1 aromatic heterocycles. The van der Waals surface area contributed by atoms with Gasteiger partial charge >= 0.3 is 0 Å². The Morgan fingerprint density at radius 2 is 2.33 bits per heavy atom. The van der Waals surface area contributed by atoms with Gasteiger partial charge in [0.25, 0.3) is 0 Å². The second-order valence-electron chi connectivity index (χ2n) is 3.13. The van der Waals surface area contributed by atoms with E-state index in [1.54, 1.807) is 12.4 Å². The molecule has 0 amide bonds. The number of nitrogens with zero attached hydrogens (tertiary/aromatic N) is 1. The largest absolute Gasteiger partial charge is 0.302 e. The topological polar surface area (TPSA) is 30.0 Å². The normalized spacial score (nSPS) is 18.8. The number of carbonyl (C=O) groups excluding carboxylic acids is 1. The highest BCUT2D eigenvalue weighted by atomic mass is 35.5. The van der Waals surface area contributed by atoms with Crippen molar-refractivity contribution in [2.45, 2.75) is 18.3 Å². The molecule has 0 atom stereocenters. The first-order chi connectivity index (χ1) is 5.78. The van der Waals surface area contributed by atoms with Crippen LogP contribution in [0.1, 0.15) is 18.4 Å². The Balaban J connectivity index is 2.46. The lowest BCUT2D eigenvalue weighted by Gasteiger charge is -2.07. The Kier molecular flexibility index (Phi) is 1.65. The van der Waals surface area contributed by atoms with Crippen molar-refractivity contribution >= 4 is 17.9 Å². The summed E-state index contributed by atoms with van der Waals surface area (Å²) in [6.45, 7) is 0. The van der Waals surface area contributed by atoms with Crippen LogP contribution in [0.4, 0.5) is 0 Å². The molecule has 0 saturated heterocycles. The van der Waals surface area contributed by atoms with E-state index in [0.717, 1.165) is 24.7 Å². The predicted molar refractivity (Wildman–Crippen MR) is 46.2 cm³/mol. The van der Waals surface area contributed by atoms with E-state index in [4.69, 9.17) is 11.6 Å². The van der Waals surface area contributed by atoms with Gasteiger partial charge < -0.3 is 4.79 Å². The lowest BCUT2D eigenvalue weighted by molar-refractivity contribution is -0.109. The Morgan fingerprint density at radius 1 is 1.58 bits per heavy atom. The van der Waals surface area contributed by atoms with Gasteiger partial charge in [0.05, 0.1) is 10.4 Å². The number of pyridine rings is 1. The first-order valence-electron chi connectivity index (χ1n) is 3.85. The van der Waals surface area contributed by atoms with Gasteiger partial charge in [-0.2, -0.15) is 0 Å². The van der Waals surface area contributed by atoms with Crippen molar-refractivity contribution in [1.82, 2.24) is 4.98 Å². The summed E-state index contributed by atoms with van der Waals surface area (Å²) in [5, 5.41) is 0.599. The number of rotatable bonds is 2. The molecule has 0 spiro atoms. The highest BCUT2D eigenvalue weighted by Crippen LogP contribution is 2.48. The zero-order valence-electron chi connectivity index (χ0n) is 6.46. The molecule has 2 rings (SSSR count). The molecule has 1 aromatic rings. The fourth-order valence-electron chi connectivity index (χ4n) is 1.36. The van der Waals surface area contributed by atoms with Crippen LogP contribution in [0.25, 0.3) is 0 Å². The molecule has 3 heteroatoms. The van der Waals surface area contributed by atoms with Gasteiger partial charge in [0.1, 0.15) is 6.29 Å².